The Morgan fingerprint density at radius 3 is 2.94 bits per heavy atom. The molecule has 0 fully saturated rings. The number of anilines is 1. The maximum absolute atomic E-state index is 5.27. The highest BCUT2D eigenvalue weighted by Gasteiger charge is 2.05. The molecule has 1 aromatic heterocycles. The van der Waals surface area contributed by atoms with E-state index in [-0.39, 0.29) is 0 Å². The predicted molar refractivity (Wildman–Crippen MR) is 69.0 cm³/mol. The highest BCUT2D eigenvalue weighted by Crippen LogP contribution is 2.28. The van der Waals surface area contributed by atoms with Crippen LogP contribution in [0.15, 0.2) is 29.0 Å². The van der Waals surface area contributed by atoms with Crippen molar-refractivity contribution in [1.82, 2.24) is 14.8 Å². The average Bonchev–Trinajstić information content (AvgIpc) is 2.72. The lowest BCUT2D eigenvalue weighted by atomic mass is 10.3. The summed E-state index contributed by atoms with van der Waals surface area (Å²) in [7, 11) is 3.51. The van der Waals surface area contributed by atoms with Crippen molar-refractivity contribution in [3.63, 3.8) is 0 Å². The Kier molecular flexibility index (Phi) is 3.63. The molecule has 5 nitrogen and oxygen atoms in total. The molecule has 2 rings (SSSR count). The van der Waals surface area contributed by atoms with Crippen molar-refractivity contribution in [2.45, 2.75) is 6.54 Å². The number of aryl methyl sites for hydroxylation is 1. The molecule has 0 radical (unpaired) electrons. The first-order chi connectivity index (χ1) is 8.20. The summed E-state index contributed by atoms with van der Waals surface area (Å²) in [4.78, 5) is 4.15. The van der Waals surface area contributed by atoms with Gasteiger partial charge in [-0.3, -0.25) is 4.68 Å². The lowest BCUT2D eigenvalue weighted by Gasteiger charge is -2.11. The number of aromatic nitrogens is 3. The van der Waals surface area contributed by atoms with Gasteiger partial charge < -0.3 is 10.1 Å². The molecule has 0 saturated heterocycles. The summed E-state index contributed by atoms with van der Waals surface area (Å²) in [5.74, 6) is 1.67. The molecule has 6 heteroatoms. The molecule has 0 aliphatic heterocycles. The summed E-state index contributed by atoms with van der Waals surface area (Å²) in [6.07, 6.45) is 1.54. The van der Waals surface area contributed by atoms with Gasteiger partial charge in [-0.05, 0) is 18.2 Å². The Labute approximate surface area is 108 Å². The van der Waals surface area contributed by atoms with Gasteiger partial charge >= 0.3 is 0 Å². The number of hydrogen-bond donors (Lipinski definition) is 1. The van der Waals surface area contributed by atoms with Crippen molar-refractivity contribution < 1.29 is 4.74 Å². The van der Waals surface area contributed by atoms with Gasteiger partial charge in [0.25, 0.3) is 0 Å². The quantitative estimate of drug-likeness (QED) is 0.940. The molecule has 1 aromatic carbocycles. The van der Waals surface area contributed by atoms with Crippen molar-refractivity contribution in [2.75, 3.05) is 12.4 Å². The maximum Gasteiger partial charge on any atom is 0.145 e. The number of halogens is 1. The third kappa shape index (κ3) is 2.76. The second-order valence-corrected chi connectivity index (χ2v) is 4.41. The van der Waals surface area contributed by atoms with E-state index in [1.54, 1.807) is 11.8 Å². The highest BCUT2D eigenvalue weighted by atomic mass is 79.9. The Hall–Kier alpha value is -1.56. The monoisotopic (exact) mass is 296 g/mol. The molecule has 0 bridgehead atoms. The molecule has 17 heavy (non-hydrogen) atoms. The minimum atomic E-state index is 0.601. The van der Waals surface area contributed by atoms with Gasteiger partial charge in [-0.2, -0.15) is 5.10 Å². The van der Waals surface area contributed by atoms with Crippen molar-refractivity contribution in [1.29, 1.82) is 0 Å². The third-order valence-electron chi connectivity index (χ3n) is 2.40. The number of methoxy groups -OCH3 is 1. The number of benzene rings is 1. The van der Waals surface area contributed by atoms with E-state index < -0.39 is 0 Å². The molecule has 90 valence electrons. The van der Waals surface area contributed by atoms with Gasteiger partial charge in [-0.15, -0.1) is 0 Å². The van der Waals surface area contributed by atoms with E-state index in [0.717, 1.165) is 21.7 Å². The Morgan fingerprint density at radius 1 is 1.47 bits per heavy atom. The standard InChI is InChI=1S/C11H13BrN4O/c1-16-11(14-7-15-16)6-13-9-5-8(12)3-4-10(9)17-2/h3-5,7,13H,6H2,1-2H3. The Balaban J connectivity index is 2.13. The van der Waals surface area contributed by atoms with E-state index >= 15 is 0 Å². The van der Waals surface area contributed by atoms with E-state index in [1.807, 2.05) is 25.2 Å². The van der Waals surface area contributed by atoms with E-state index in [0.29, 0.717) is 6.54 Å². The van der Waals surface area contributed by atoms with Gasteiger partial charge in [0.05, 0.1) is 19.3 Å². The molecule has 1 heterocycles. The van der Waals surface area contributed by atoms with Crippen LogP contribution in [0.1, 0.15) is 5.82 Å². The lowest BCUT2D eigenvalue weighted by molar-refractivity contribution is 0.416. The fourth-order valence-corrected chi connectivity index (χ4v) is 1.83. The molecule has 1 N–H and O–H groups in total. The van der Waals surface area contributed by atoms with Crippen LogP contribution in [0.3, 0.4) is 0 Å². The number of ether oxygens (including phenoxy) is 1. The van der Waals surface area contributed by atoms with Gasteiger partial charge in [-0.25, -0.2) is 4.98 Å². The summed E-state index contributed by atoms with van der Waals surface area (Å²) in [5.41, 5.74) is 0.921. The van der Waals surface area contributed by atoms with Crippen molar-refractivity contribution in [3.05, 3.63) is 34.8 Å². The van der Waals surface area contributed by atoms with Crippen molar-refractivity contribution >= 4 is 21.6 Å². The van der Waals surface area contributed by atoms with Crippen LogP contribution < -0.4 is 10.1 Å². The van der Waals surface area contributed by atoms with Crippen molar-refractivity contribution in [2.24, 2.45) is 7.05 Å². The first-order valence-corrected chi connectivity index (χ1v) is 5.90. The largest absolute Gasteiger partial charge is 0.495 e. The first kappa shape index (κ1) is 11.9. The van der Waals surface area contributed by atoms with Gasteiger partial charge in [0, 0.05) is 11.5 Å². The maximum atomic E-state index is 5.27. The van der Waals surface area contributed by atoms with Gasteiger partial charge in [0.15, 0.2) is 0 Å². The first-order valence-electron chi connectivity index (χ1n) is 5.11. The lowest BCUT2D eigenvalue weighted by Crippen LogP contribution is -2.07. The third-order valence-corrected chi connectivity index (χ3v) is 2.90. The highest BCUT2D eigenvalue weighted by molar-refractivity contribution is 9.10. The Bertz CT molecular complexity index is 512. The van der Waals surface area contributed by atoms with Crippen LogP contribution in [0, 0.1) is 0 Å². The van der Waals surface area contributed by atoms with Crippen LogP contribution in [0.5, 0.6) is 5.75 Å². The molecule has 0 atom stereocenters. The zero-order valence-electron chi connectivity index (χ0n) is 9.64. The van der Waals surface area contributed by atoms with Crippen LogP contribution >= 0.6 is 15.9 Å². The normalized spacial score (nSPS) is 10.3. The summed E-state index contributed by atoms with van der Waals surface area (Å²) >= 11 is 3.43. The molecule has 0 aliphatic carbocycles. The fraction of sp³-hybridized carbons (Fsp3) is 0.273. The summed E-state index contributed by atoms with van der Waals surface area (Å²) in [6.45, 7) is 0.601. The van der Waals surface area contributed by atoms with Gasteiger partial charge in [0.2, 0.25) is 0 Å². The number of hydrogen-bond acceptors (Lipinski definition) is 4. The summed E-state index contributed by atoms with van der Waals surface area (Å²) in [6, 6.07) is 5.81. The summed E-state index contributed by atoms with van der Waals surface area (Å²) in [5, 5.41) is 7.28. The molecular weight excluding hydrogens is 284 g/mol. The molecular formula is C11H13BrN4O. The van der Waals surface area contributed by atoms with E-state index in [4.69, 9.17) is 4.74 Å². The van der Waals surface area contributed by atoms with Gasteiger partial charge in [0.1, 0.15) is 17.9 Å². The minimum absolute atomic E-state index is 0.601. The SMILES string of the molecule is COc1ccc(Br)cc1NCc1ncnn1C. The average molecular weight is 297 g/mol. The second kappa shape index (κ2) is 5.18. The minimum Gasteiger partial charge on any atom is -0.495 e. The van der Waals surface area contributed by atoms with Gasteiger partial charge in [-0.1, -0.05) is 15.9 Å². The summed E-state index contributed by atoms with van der Waals surface area (Å²) < 4.78 is 8.01. The molecule has 0 spiro atoms. The smallest absolute Gasteiger partial charge is 0.145 e. The molecule has 2 aromatic rings. The Morgan fingerprint density at radius 2 is 2.29 bits per heavy atom. The predicted octanol–water partition coefficient (Wildman–Crippen LogP) is 2.20. The molecule has 0 amide bonds. The zero-order valence-corrected chi connectivity index (χ0v) is 11.2. The van der Waals surface area contributed by atoms with Crippen LogP contribution in [-0.4, -0.2) is 21.9 Å². The van der Waals surface area contributed by atoms with Crippen LogP contribution in [0.25, 0.3) is 0 Å². The fourth-order valence-electron chi connectivity index (χ4n) is 1.47. The molecule has 0 aliphatic rings. The van der Waals surface area contributed by atoms with Crippen LogP contribution in [0.4, 0.5) is 5.69 Å². The number of nitrogens with one attached hydrogen (secondary N) is 1. The van der Waals surface area contributed by atoms with E-state index in [9.17, 15) is 0 Å². The second-order valence-electron chi connectivity index (χ2n) is 3.50. The van der Waals surface area contributed by atoms with Crippen LogP contribution in [0.2, 0.25) is 0 Å². The zero-order chi connectivity index (χ0) is 12.3. The molecule has 0 unspecified atom stereocenters. The number of rotatable bonds is 4. The van der Waals surface area contributed by atoms with Crippen LogP contribution in [-0.2, 0) is 13.6 Å². The topological polar surface area (TPSA) is 52.0 Å². The van der Waals surface area contributed by atoms with E-state index in [2.05, 4.69) is 31.3 Å². The molecule has 0 saturated carbocycles. The van der Waals surface area contributed by atoms with E-state index in [1.165, 1.54) is 6.33 Å². The van der Waals surface area contributed by atoms with Crippen molar-refractivity contribution in [3.8, 4) is 5.75 Å². The number of nitrogens with zero attached hydrogens (tertiary/aromatic N) is 3.